The number of ether oxygens (including phenoxy) is 2. The summed E-state index contributed by atoms with van der Waals surface area (Å²) in [5, 5.41) is 5.86. The molecule has 0 spiro atoms. The summed E-state index contributed by atoms with van der Waals surface area (Å²) in [5.41, 5.74) is 6.50. The summed E-state index contributed by atoms with van der Waals surface area (Å²) >= 11 is 0. The predicted molar refractivity (Wildman–Crippen MR) is 258 cm³/mol. The van der Waals surface area contributed by atoms with Crippen LogP contribution in [0, 0.1) is 5.92 Å². The van der Waals surface area contributed by atoms with Gasteiger partial charge < -0.3 is 39.9 Å². The van der Waals surface area contributed by atoms with Crippen LogP contribution in [0.4, 0.5) is 9.59 Å². The summed E-state index contributed by atoms with van der Waals surface area (Å²) in [6.45, 7) is 1.15. The second-order valence-corrected chi connectivity index (χ2v) is 18.8. The van der Waals surface area contributed by atoms with Gasteiger partial charge >= 0.3 is 12.2 Å². The number of carbonyl (C=O) groups is 4. The number of nitrogens with one attached hydrogen (secondary N) is 4. The highest BCUT2D eigenvalue weighted by Crippen LogP contribution is 2.37. The molecule has 4 amide bonds. The number of amides is 4. The Morgan fingerprint density at radius 1 is 0.574 bits per heavy atom. The summed E-state index contributed by atoms with van der Waals surface area (Å²) in [4.78, 5) is 74.9. The Morgan fingerprint density at radius 3 is 1.59 bits per heavy atom. The van der Waals surface area contributed by atoms with Crippen LogP contribution in [0.1, 0.15) is 119 Å². The van der Waals surface area contributed by atoms with E-state index in [2.05, 4.69) is 69.1 Å². The quantitative estimate of drug-likeness (QED) is 0.0903. The molecule has 10 rings (SSSR count). The lowest BCUT2D eigenvalue weighted by Gasteiger charge is -2.32. The molecule has 2 saturated carbocycles. The molecule has 4 heterocycles. The van der Waals surface area contributed by atoms with Gasteiger partial charge in [0.15, 0.2) is 0 Å². The number of hydrogen-bond acceptors (Lipinski definition) is 8. The highest BCUT2D eigenvalue weighted by molar-refractivity contribution is 5.88. The van der Waals surface area contributed by atoms with Crippen molar-refractivity contribution in [3.8, 4) is 33.6 Å². The molecular weight excluding hydrogens is 857 g/mol. The van der Waals surface area contributed by atoms with Crippen LogP contribution in [-0.4, -0.2) is 85.1 Å². The molecule has 2 aromatic heterocycles. The van der Waals surface area contributed by atoms with E-state index < -0.39 is 24.3 Å². The molecule has 4 N–H and O–H groups in total. The van der Waals surface area contributed by atoms with Gasteiger partial charge in [-0.1, -0.05) is 103 Å². The first-order valence-corrected chi connectivity index (χ1v) is 24.6. The van der Waals surface area contributed by atoms with Gasteiger partial charge in [0.2, 0.25) is 5.91 Å². The highest BCUT2D eigenvalue weighted by atomic mass is 16.6. The topological polar surface area (TPSA) is 175 Å². The fourth-order valence-corrected chi connectivity index (χ4v) is 10.7. The fourth-order valence-electron chi connectivity index (χ4n) is 10.7. The van der Waals surface area contributed by atoms with E-state index >= 15 is 0 Å². The van der Waals surface area contributed by atoms with Crippen LogP contribution in [0.25, 0.3) is 33.6 Å². The number of aromatic amines is 2. The van der Waals surface area contributed by atoms with Gasteiger partial charge in [0.05, 0.1) is 35.9 Å². The minimum Gasteiger partial charge on any atom is -0.446 e. The first kappa shape index (κ1) is 44.9. The van der Waals surface area contributed by atoms with E-state index in [1.807, 2.05) is 76.8 Å². The number of H-pyrrole nitrogens is 2. The van der Waals surface area contributed by atoms with Crippen molar-refractivity contribution in [1.82, 2.24) is 40.4 Å². The zero-order valence-corrected chi connectivity index (χ0v) is 38.4. The number of rotatable bonds is 13. The first-order chi connectivity index (χ1) is 33.3. The zero-order chi connectivity index (χ0) is 46.4. The number of hydrogen-bond donors (Lipinski definition) is 4. The molecule has 0 radical (unpaired) electrons. The number of aromatic nitrogens is 4. The van der Waals surface area contributed by atoms with Crippen molar-refractivity contribution in [1.29, 1.82) is 0 Å². The molecule has 1 unspecified atom stereocenters. The maximum absolute atomic E-state index is 14.3. The Morgan fingerprint density at radius 2 is 1.07 bits per heavy atom. The van der Waals surface area contributed by atoms with Crippen LogP contribution < -0.4 is 10.6 Å². The number of nitrogens with zero attached hydrogens (tertiary/aromatic N) is 4. The van der Waals surface area contributed by atoms with Gasteiger partial charge in [-0.05, 0) is 111 Å². The molecule has 14 nitrogen and oxygen atoms in total. The van der Waals surface area contributed by atoms with Gasteiger partial charge in [-0.2, -0.15) is 0 Å². The molecule has 3 aliphatic carbocycles. The lowest BCUT2D eigenvalue weighted by Crippen LogP contribution is -2.52. The Labute approximate surface area is 397 Å². The number of likely N-dealkylation sites (tertiary alicyclic amines) is 2. The van der Waals surface area contributed by atoms with Gasteiger partial charge in [0.1, 0.15) is 35.9 Å². The third-order valence-electron chi connectivity index (χ3n) is 14.4. The predicted octanol–water partition coefficient (Wildman–Crippen LogP) is 10.0. The van der Waals surface area contributed by atoms with Gasteiger partial charge in [-0.15, -0.1) is 0 Å². The van der Waals surface area contributed by atoms with Gasteiger partial charge in [0.25, 0.3) is 5.91 Å². The molecule has 352 valence electrons. The zero-order valence-electron chi connectivity index (χ0n) is 38.4. The normalized spacial score (nSPS) is 21.5. The minimum atomic E-state index is -0.872. The summed E-state index contributed by atoms with van der Waals surface area (Å²) in [6, 6.07) is 23.9. The van der Waals surface area contributed by atoms with E-state index in [9.17, 15) is 19.2 Å². The molecule has 5 atom stereocenters. The molecule has 5 aromatic rings. The van der Waals surface area contributed by atoms with E-state index in [4.69, 9.17) is 19.4 Å². The van der Waals surface area contributed by atoms with Crippen molar-refractivity contribution in [2.75, 3.05) is 13.1 Å². The van der Waals surface area contributed by atoms with E-state index in [-0.39, 0.29) is 42.0 Å². The van der Waals surface area contributed by atoms with Crippen LogP contribution in [0.2, 0.25) is 0 Å². The van der Waals surface area contributed by atoms with Gasteiger partial charge in [0, 0.05) is 19.0 Å². The van der Waals surface area contributed by atoms with E-state index in [1.54, 1.807) is 0 Å². The molecule has 68 heavy (non-hydrogen) atoms. The Kier molecular flexibility index (Phi) is 13.5. The average Bonchev–Trinajstić information content (AvgIpc) is 4.24. The third-order valence-corrected chi connectivity index (χ3v) is 14.4. The second kappa shape index (κ2) is 20.5. The fraction of sp³-hybridized carbons (Fsp3) is 0.407. The van der Waals surface area contributed by atoms with E-state index in [0.29, 0.717) is 30.9 Å². The number of alkyl carbamates (subject to hydrolysis) is 2. The highest BCUT2D eigenvalue weighted by Gasteiger charge is 2.40. The smallest absolute Gasteiger partial charge is 0.408 e. The van der Waals surface area contributed by atoms with Crippen LogP contribution in [-0.2, 0) is 19.1 Å². The van der Waals surface area contributed by atoms with Gasteiger partial charge in [-0.25, -0.2) is 19.6 Å². The number of carbonyl (C=O) groups excluding carboxylic acids is 4. The monoisotopic (exact) mass is 916 g/mol. The van der Waals surface area contributed by atoms with E-state index in [0.717, 1.165) is 117 Å². The molecule has 3 aromatic carbocycles. The number of benzene rings is 3. The molecule has 4 fully saturated rings. The molecule has 2 saturated heterocycles. The Bertz CT molecular complexity index is 2610. The lowest BCUT2D eigenvalue weighted by molar-refractivity contribution is -0.135. The SMILES string of the molecule is O=C(N[C@@H](C(=O)N1CCC[C@H]1c1ncc(-c2ccc(-c3ccc(-c4cnc([C@@H]5CCCN5C(=O)[C@H](NC(=O)OC5CCCC5)C5C=CC=CC5)[nH]4)cc3)cc2)[nH]1)c1ccccc1)OC1CCCC1. The maximum Gasteiger partial charge on any atom is 0.408 e. The van der Waals surface area contributed by atoms with Crippen molar-refractivity contribution in [2.45, 2.75) is 120 Å². The van der Waals surface area contributed by atoms with Crippen molar-refractivity contribution in [2.24, 2.45) is 5.92 Å². The Balaban J connectivity index is 0.779. The van der Waals surface area contributed by atoms with Crippen molar-refractivity contribution in [3.05, 3.63) is 133 Å². The third kappa shape index (κ3) is 10.00. The van der Waals surface area contributed by atoms with Crippen LogP contribution >= 0.6 is 0 Å². The largest absolute Gasteiger partial charge is 0.446 e. The molecule has 0 bridgehead atoms. The van der Waals surface area contributed by atoms with Crippen molar-refractivity contribution < 1.29 is 28.7 Å². The standard InChI is InChI=1S/C54H60N8O6/c63-51(47(39-13-3-1-4-14-39)59-53(65)67-41-17-7-8-18-41)61-31-11-21-45(61)49-55-33-43(57-49)37-27-23-35(24-28-37)36-25-29-38(30-26-36)44-34-56-50(58-44)46-22-12-32-62(46)52(64)48(40-15-5-2-6-16-40)60-54(66)68-42-19-9-10-20-42/h1-6,13-15,23-30,33-34,40-42,45-48H,7-12,16-22,31-32H2,(H,55,57)(H,56,58)(H,59,65)(H,60,66)/t40?,45-,46-,47+,48+/m0/s1. The van der Waals surface area contributed by atoms with Gasteiger partial charge in [-0.3, -0.25) is 9.59 Å². The maximum atomic E-state index is 14.3. The van der Waals surface area contributed by atoms with Crippen molar-refractivity contribution in [3.63, 3.8) is 0 Å². The summed E-state index contributed by atoms with van der Waals surface area (Å²) in [6.07, 6.45) is 21.8. The average molecular weight is 917 g/mol. The number of allylic oxidation sites excluding steroid dienone is 3. The second-order valence-electron chi connectivity index (χ2n) is 18.8. The lowest BCUT2D eigenvalue weighted by atomic mass is 9.91. The van der Waals surface area contributed by atoms with Crippen LogP contribution in [0.5, 0.6) is 0 Å². The van der Waals surface area contributed by atoms with Crippen LogP contribution in [0.15, 0.2) is 116 Å². The Hall–Kier alpha value is -6.96. The molecular formula is C54H60N8O6. The molecule has 5 aliphatic rings. The first-order valence-electron chi connectivity index (χ1n) is 24.6. The molecule has 14 heteroatoms. The van der Waals surface area contributed by atoms with E-state index in [1.165, 1.54) is 0 Å². The van der Waals surface area contributed by atoms with Crippen LogP contribution in [0.3, 0.4) is 0 Å². The number of imidazole rings is 2. The van der Waals surface area contributed by atoms with Crippen molar-refractivity contribution >= 4 is 24.0 Å². The summed E-state index contributed by atoms with van der Waals surface area (Å²) in [5.74, 6) is 0.984. The summed E-state index contributed by atoms with van der Waals surface area (Å²) < 4.78 is 11.4. The molecule has 2 aliphatic heterocycles. The summed E-state index contributed by atoms with van der Waals surface area (Å²) in [7, 11) is 0. The minimum absolute atomic E-state index is 0.0908.